The Bertz CT molecular complexity index is 965. The van der Waals surface area contributed by atoms with E-state index in [0.717, 1.165) is 11.0 Å². The first kappa shape index (κ1) is 15.0. The molecular weight excluding hydrogens is 292 g/mol. The summed E-state index contributed by atoms with van der Waals surface area (Å²) in [5.41, 5.74) is 3.78. The van der Waals surface area contributed by atoms with Gasteiger partial charge in [-0.25, -0.2) is 0 Å². The number of quaternary nitrogens is 1. The summed E-state index contributed by atoms with van der Waals surface area (Å²) in [5.74, 6) is 0. The number of hydrogen-bond donors (Lipinski definition) is 1. The van der Waals surface area contributed by atoms with Crippen LogP contribution in [0.15, 0.2) is 66.7 Å². The Balaban J connectivity index is 1.97. The van der Waals surface area contributed by atoms with Crippen LogP contribution in [-0.2, 0) is 6.54 Å². The van der Waals surface area contributed by atoms with E-state index in [4.69, 9.17) is 0 Å². The third-order valence-electron chi connectivity index (χ3n) is 4.43. The van der Waals surface area contributed by atoms with Crippen molar-refractivity contribution in [3.05, 3.63) is 72.4 Å². The molecular formula is C22H23N2+. The van der Waals surface area contributed by atoms with E-state index in [0.29, 0.717) is 0 Å². The summed E-state index contributed by atoms with van der Waals surface area (Å²) >= 11 is 0. The fourth-order valence-corrected chi connectivity index (χ4v) is 3.49. The Morgan fingerprint density at radius 1 is 0.750 bits per heavy atom. The lowest BCUT2D eigenvalue weighted by Gasteiger charge is -2.23. The molecule has 4 aromatic rings. The van der Waals surface area contributed by atoms with Gasteiger partial charge in [-0.3, -0.25) is 0 Å². The van der Waals surface area contributed by atoms with Gasteiger partial charge in [-0.05, 0) is 39.7 Å². The van der Waals surface area contributed by atoms with Gasteiger partial charge >= 0.3 is 0 Å². The summed E-state index contributed by atoms with van der Waals surface area (Å²) in [6.45, 7) is 0.989. The number of aromatic nitrogens is 1. The molecule has 0 radical (unpaired) electrons. The molecule has 2 nitrogen and oxygen atoms in total. The molecule has 0 saturated heterocycles. The van der Waals surface area contributed by atoms with Gasteiger partial charge in [-0.15, -0.1) is 0 Å². The standard InChI is InChI=1S/C22H23N2/c1-24(2,3)15-18-12-13-21(23-18)22-19-10-6-4-8-16(19)14-17-9-5-7-11-20(17)22/h4-14,23H,15H2,1-3H3/q+1. The second-order valence-electron chi connectivity index (χ2n) is 7.54. The van der Waals surface area contributed by atoms with Crippen LogP contribution < -0.4 is 0 Å². The number of benzene rings is 3. The molecule has 0 atom stereocenters. The second-order valence-corrected chi connectivity index (χ2v) is 7.54. The molecule has 1 aromatic heterocycles. The summed E-state index contributed by atoms with van der Waals surface area (Å²) in [4.78, 5) is 3.65. The van der Waals surface area contributed by atoms with Crippen LogP contribution in [-0.4, -0.2) is 30.6 Å². The van der Waals surface area contributed by atoms with Gasteiger partial charge in [-0.2, -0.15) is 0 Å². The smallest absolute Gasteiger partial charge is 0.119 e. The average molecular weight is 315 g/mol. The molecule has 120 valence electrons. The molecule has 0 aliphatic heterocycles. The molecule has 0 fully saturated rings. The van der Waals surface area contributed by atoms with E-state index in [1.54, 1.807) is 0 Å². The average Bonchev–Trinajstić information content (AvgIpc) is 2.98. The van der Waals surface area contributed by atoms with E-state index in [9.17, 15) is 0 Å². The van der Waals surface area contributed by atoms with Crippen molar-refractivity contribution in [1.82, 2.24) is 4.98 Å². The van der Waals surface area contributed by atoms with Gasteiger partial charge in [0, 0.05) is 11.3 Å². The van der Waals surface area contributed by atoms with Crippen molar-refractivity contribution >= 4 is 21.5 Å². The highest BCUT2D eigenvalue weighted by atomic mass is 15.3. The Morgan fingerprint density at radius 2 is 1.33 bits per heavy atom. The van der Waals surface area contributed by atoms with E-state index < -0.39 is 0 Å². The van der Waals surface area contributed by atoms with Crippen LogP contribution in [0, 0.1) is 0 Å². The van der Waals surface area contributed by atoms with Crippen molar-refractivity contribution in [2.75, 3.05) is 21.1 Å². The largest absolute Gasteiger partial charge is 0.354 e. The molecule has 24 heavy (non-hydrogen) atoms. The van der Waals surface area contributed by atoms with Gasteiger partial charge in [-0.1, -0.05) is 48.5 Å². The fraction of sp³-hybridized carbons (Fsp3) is 0.182. The lowest BCUT2D eigenvalue weighted by molar-refractivity contribution is -0.884. The zero-order chi connectivity index (χ0) is 16.7. The molecule has 0 aliphatic carbocycles. The van der Waals surface area contributed by atoms with Crippen molar-refractivity contribution in [2.24, 2.45) is 0 Å². The lowest BCUT2D eigenvalue weighted by atomic mass is 9.95. The topological polar surface area (TPSA) is 15.8 Å². The van der Waals surface area contributed by atoms with Crippen LogP contribution in [0.3, 0.4) is 0 Å². The van der Waals surface area contributed by atoms with E-state index >= 15 is 0 Å². The van der Waals surface area contributed by atoms with Crippen molar-refractivity contribution in [3.8, 4) is 11.3 Å². The van der Waals surface area contributed by atoms with Gasteiger partial charge in [0.05, 0.1) is 26.8 Å². The number of fused-ring (bicyclic) bond motifs is 2. The van der Waals surface area contributed by atoms with Gasteiger partial charge < -0.3 is 9.47 Å². The molecule has 4 rings (SSSR count). The number of nitrogens with zero attached hydrogens (tertiary/aromatic N) is 1. The Morgan fingerprint density at radius 3 is 1.92 bits per heavy atom. The van der Waals surface area contributed by atoms with Crippen molar-refractivity contribution in [1.29, 1.82) is 0 Å². The molecule has 1 N–H and O–H groups in total. The van der Waals surface area contributed by atoms with Crippen LogP contribution >= 0.6 is 0 Å². The van der Waals surface area contributed by atoms with Crippen LogP contribution in [0.25, 0.3) is 32.8 Å². The molecule has 0 saturated carbocycles. The van der Waals surface area contributed by atoms with E-state index in [1.807, 2.05) is 0 Å². The number of nitrogens with one attached hydrogen (secondary N) is 1. The maximum Gasteiger partial charge on any atom is 0.119 e. The maximum absolute atomic E-state index is 3.65. The molecule has 1 heterocycles. The zero-order valence-corrected chi connectivity index (χ0v) is 14.5. The second kappa shape index (κ2) is 5.50. The molecule has 0 spiro atoms. The Hall–Kier alpha value is -2.58. The minimum Gasteiger partial charge on any atom is -0.354 e. The SMILES string of the molecule is C[N+](C)(C)Cc1ccc(-c2c3ccccc3cc3ccccc23)[nH]1. The third-order valence-corrected chi connectivity index (χ3v) is 4.43. The summed E-state index contributed by atoms with van der Waals surface area (Å²) in [5, 5.41) is 5.17. The van der Waals surface area contributed by atoms with Crippen molar-refractivity contribution in [3.63, 3.8) is 0 Å². The minimum atomic E-state index is 0.913. The van der Waals surface area contributed by atoms with Gasteiger partial charge in [0.25, 0.3) is 0 Å². The summed E-state index contributed by atoms with van der Waals surface area (Å²) in [6.07, 6.45) is 0. The zero-order valence-electron chi connectivity index (χ0n) is 14.5. The molecule has 0 amide bonds. The third kappa shape index (κ3) is 2.70. The maximum atomic E-state index is 3.65. The minimum absolute atomic E-state index is 0.913. The highest BCUT2D eigenvalue weighted by Crippen LogP contribution is 2.35. The highest BCUT2D eigenvalue weighted by Gasteiger charge is 2.14. The van der Waals surface area contributed by atoms with Gasteiger partial charge in [0.15, 0.2) is 0 Å². The lowest BCUT2D eigenvalue weighted by Crippen LogP contribution is -2.33. The van der Waals surface area contributed by atoms with E-state index in [-0.39, 0.29) is 0 Å². The summed E-state index contributed by atoms with van der Waals surface area (Å²) in [7, 11) is 6.65. The Kier molecular flexibility index (Phi) is 3.43. The molecule has 0 bridgehead atoms. The number of aromatic amines is 1. The van der Waals surface area contributed by atoms with Gasteiger partial charge in [0.2, 0.25) is 0 Å². The Labute approximate surface area is 142 Å². The fourth-order valence-electron chi connectivity index (χ4n) is 3.49. The molecule has 0 aliphatic rings. The quantitative estimate of drug-likeness (QED) is 0.395. The summed E-state index contributed by atoms with van der Waals surface area (Å²) < 4.78 is 0.913. The normalized spacial score (nSPS) is 12.1. The van der Waals surface area contributed by atoms with Crippen molar-refractivity contribution in [2.45, 2.75) is 6.54 Å². The number of rotatable bonds is 3. The van der Waals surface area contributed by atoms with E-state index in [1.165, 1.54) is 38.5 Å². The van der Waals surface area contributed by atoms with E-state index in [2.05, 4.69) is 92.9 Å². The first-order chi connectivity index (χ1) is 11.5. The van der Waals surface area contributed by atoms with Crippen LogP contribution in [0.5, 0.6) is 0 Å². The summed E-state index contributed by atoms with van der Waals surface area (Å²) in [6, 6.07) is 24.0. The number of H-pyrrole nitrogens is 1. The monoisotopic (exact) mass is 315 g/mol. The first-order valence-corrected chi connectivity index (χ1v) is 8.40. The van der Waals surface area contributed by atoms with Crippen LogP contribution in [0.4, 0.5) is 0 Å². The van der Waals surface area contributed by atoms with Crippen LogP contribution in [0.1, 0.15) is 5.69 Å². The van der Waals surface area contributed by atoms with Crippen LogP contribution in [0.2, 0.25) is 0 Å². The van der Waals surface area contributed by atoms with Crippen molar-refractivity contribution < 1.29 is 4.48 Å². The molecule has 2 heteroatoms. The molecule has 3 aromatic carbocycles. The first-order valence-electron chi connectivity index (χ1n) is 8.40. The molecule has 0 unspecified atom stereocenters. The number of hydrogen-bond acceptors (Lipinski definition) is 0. The predicted octanol–water partition coefficient (Wildman–Crippen LogP) is 5.19. The predicted molar refractivity (Wildman–Crippen MR) is 103 cm³/mol. The highest BCUT2D eigenvalue weighted by molar-refractivity contribution is 6.12. The van der Waals surface area contributed by atoms with Gasteiger partial charge in [0.1, 0.15) is 6.54 Å².